The van der Waals surface area contributed by atoms with Gasteiger partial charge >= 0.3 is 0 Å². The molecule has 4 nitrogen and oxygen atoms in total. The number of nitrogens with zero attached hydrogens (tertiary/aromatic N) is 2. The monoisotopic (exact) mass is 298 g/mol. The van der Waals surface area contributed by atoms with Gasteiger partial charge in [0.2, 0.25) is 5.91 Å². The van der Waals surface area contributed by atoms with Crippen LogP contribution in [0.5, 0.6) is 0 Å². The molecular formula is C13H15ClN2O2S. The maximum absolute atomic E-state index is 12.0. The minimum atomic E-state index is 0.0587. The minimum Gasteiger partial charge on any atom is -0.296 e. The second-order valence-corrected chi connectivity index (χ2v) is 6.22. The Bertz CT molecular complexity index is 521. The Labute approximate surface area is 121 Å². The van der Waals surface area contributed by atoms with E-state index in [1.54, 1.807) is 24.0 Å². The lowest BCUT2D eigenvalue weighted by Crippen LogP contribution is -2.25. The maximum Gasteiger partial charge on any atom is 0.228 e. The molecule has 1 aliphatic rings. The van der Waals surface area contributed by atoms with Crippen molar-refractivity contribution in [3.63, 3.8) is 0 Å². The lowest BCUT2D eigenvalue weighted by molar-refractivity contribution is -0.117. The van der Waals surface area contributed by atoms with Crippen molar-refractivity contribution in [2.45, 2.75) is 20.3 Å². The summed E-state index contributed by atoms with van der Waals surface area (Å²) in [7, 11) is 0. The fraction of sp³-hybridized carbons (Fsp3) is 0.462. The van der Waals surface area contributed by atoms with Gasteiger partial charge in [-0.3, -0.25) is 14.5 Å². The quantitative estimate of drug-likeness (QED) is 0.861. The standard InChI is InChI=1S/C13H15ClN2O2S/c1-8-11(14)3-4-12(15-8)16-6-10(5-13(16)18)7-19-9(2)17/h3-4,10H,5-7H2,1-2H3. The third kappa shape index (κ3) is 3.48. The van der Waals surface area contributed by atoms with E-state index in [4.69, 9.17) is 11.6 Å². The van der Waals surface area contributed by atoms with E-state index in [9.17, 15) is 9.59 Å². The van der Waals surface area contributed by atoms with Gasteiger partial charge in [-0.2, -0.15) is 0 Å². The number of pyridine rings is 1. The fourth-order valence-electron chi connectivity index (χ4n) is 2.03. The zero-order valence-electron chi connectivity index (χ0n) is 10.9. The molecular weight excluding hydrogens is 284 g/mol. The highest BCUT2D eigenvalue weighted by Gasteiger charge is 2.31. The van der Waals surface area contributed by atoms with Crippen molar-refractivity contribution >= 4 is 40.2 Å². The first-order valence-electron chi connectivity index (χ1n) is 6.04. The van der Waals surface area contributed by atoms with Crippen molar-refractivity contribution in [1.29, 1.82) is 0 Å². The third-order valence-electron chi connectivity index (χ3n) is 3.01. The molecule has 0 saturated carbocycles. The van der Waals surface area contributed by atoms with Crippen molar-refractivity contribution in [3.8, 4) is 0 Å². The molecule has 1 amide bonds. The second-order valence-electron chi connectivity index (χ2n) is 4.61. The van der Waals surface area contributed by atoms with E-state index in [0.717, 1.165) is 0 Å². The van der Waals surface area contributed by atoms with Gasteiger partial charge in [0.05, 0.1) is 10.7 Å². The summed E-state index contributed by atoms with van der Waals surface area (Å²) in [5.41, 5.74) is 0.716. The van der Waals surface area contributed by atoms with E-state index in [-0.39, 0.29) is 16.9 Å². The number of amides is 1. The molecule has 0 N–H and O–H groups in total. The van der Waals surface area contributed by atoms with Crippen molar-refractivity contribution in [2.24, 2.45) is 5.92 Å². The summed E-state index contributed by atoms with van der Waals surface area (Å²) in [5, 5.41) is 0.686. The fourth-order valence-corrected chi connectivity index (χ4v) is 2.83. The number of aromatic nitrogens is 1. The van der Waals surface area contributed by atoms with E-state index < -0.39 is 0 Å². The van der Waals surface area contributed by atoms with E-state index in [0.29, 0.717) is 35.3 Å². The van der Waals surface area contributed by atoms with Crippen LogP contribution in [0.2, 0.25) is 5.02 Å². The molecule has 1 aromatic rings. The van der Waals surface area contributed by atoms with E-state index in [1.165, 1.54) is 11.8 Å². The molecule has 0 spiro atoms. The van der Waals surface area contributed by atoms with Crippen molar-refractivity contribution in [3.05, 3.63) is 22.8 Å². The van der Waals surface area contributed by atoms with Gasteiger partial charge in [0, 0.05) is 25.6 Å². The Morgan fingerprint density at radius 2 is 2.32 bits per heavy atom. The molecule has 6 heteroatoms. The second kappa shape index (κ2) is 5.92. The molecule has 1 unspecified atom stereocenters. The van der Waals surface area contributed by atoms with Crippen LogP contribution in [0.4, 0.5) is 5.82 Å². The van der Waals surface area contributed by atoms with E-state index in [1.807, 2.05) is 6.92 Å². The average molecular weight is 299 g/mol. The van der Waals surface area contributed by atoms with Crippen LogP contribution in [0.1, 0.15) is 19.0 Å². The Morgan fingerprint density at radius 3 is 2.95 bits per heavy atom. The van der Waals surface area contributed by atoms with Gasteiger partial charge in [0.25, 0.3) is 0 Å². The molecule has 0 aliphatic carbocycles. The molecule has 102 valence electrons. The van der Waals surface area contributed by atoms with Gasteiger partial charge in [-0.05, 0) is 25.0 Å². The largest absolute Gasteiger partial charge is 0.296 e. The van der Waals surface area contributed by atoms with E-state index >= 15 is 0 Å². The van der Waals surface area contributed by atoms with Crippen LogP contribution in [0.15, 0.2) is 12.1 Å². The molecule has 1 aliphatic heterocycles. The van der Waals surface area contributed by atoms with Crippen LogP contribution in [-0.2, 0) is 9.59 Å². The minimum absolute atomic E-state index is 0.0587. The zero-order valence-corrected chi connectivity index (χ0v) is 12.4. The average Bonchev–Trinajstić information content (AvgIpc) is 2.72. The highest BCUT2D eigenvalue weighted by atomic mass is 35.5. The van der Waals surface area contributed by atoms with Crippen molar-refractivity contribution in [1.82, 2.24) is 4.98 Å². The normalized spacial score (nSPS) is 19.0. The molecule has 1 aromatic heterocycles. The first-order valence-corrected chi connectivity index (χ1v) is 7.40. The Morgan fingerprint density at radius 1 is 1.58 bits per heavy atom. The summed E-state index contributed by atoms with van der Waals surface area (Å²) in [6, 6.07) is 3.51. The Kier molecular flexibility index (Phi) is 4.47. The summed E-state index contributed by atoms with van der Waals surface area (Å²) in [5.74, 6) is 1.59. The van der Waals surface area contributed by atoms with Gasteiger partial charge in [-0.15, -0.1) is 0 Å². The molecule has 19 heavy (non-hydrogen) atoms. The van der Waals surface area contributed by atoms with Gasteiger partial charge in [-0.1, -0.05) is 23.4 Å². The topological polar surface area (TPSA) is 50.3 Å². The number of hydrogen-bond acceptors (Lipinski definition) is 4. The zero-order chi connectivity index (χ0) is 14.0. The highest BCUT2D eigenvalue weighted by Crippen LogP contribution is 2.27. The highest BCUT2D eigenvalue weighted by molar-refractivity contribution is 8.13. The maximum atomic E-state index is 12.0. The summed E-state index contributed by atoms with van der Waals surface area (Å²) in [6.45, 7) is 3.98. The van der Waals surface area contributed by atoms with Crippen LogP contribution in [0, 0.1) is 12.8 Å². The first-order chi connectivity index (χ1) is 8.97. The Hall–Kier alpha value is -1.07. The number of rotatable bonds is 3. The van der Waals surface area contributed by atoms with Crippen LogP contribution >= 0.6 is 23.4 Å². The number of hydrogen-bond donors (Lipinski definition) is 0. The molecule has 0 radical (unpaired) electrons. The molecule has 1 atom stereocenters. The summed E-state index contributed by atoms with van der Waals surface area (Å²) in [6.07, 6.45) is 0.476. The number of halogens is 1. The predicted molar refractivity (Wildman–Crippen MR) is 77.6 cm³/mol. The number of thioether (sulfide) groups is 1. The van der Waals surface area contributed by atoms with Gasteiger partial charge in [-0.25, -0.2) is 4.98 Å². The number of anilines is 1. The number of aryl methyl sites for hydroxylation is 1. The summed E-state index contributed by atoms with van der Waals surface area (Å²) in [4.78, 5) is 28.9. The van der Waals surface area contributed by atoms with E-state index in [2.05, 4.69) is 4.98 Å². The molecule has 0 aromatic carbocycles. The predicted octanol–water partition coefficient (Wildman–Crippen LogP) is 2.68. The number of carbonyl (C=O) groups excluding carboxylic acids is 2. The SMILES string of the molecule is CC(=O)SCC1CC(=O)N(c2ccc(Cl)c(C)n2)C1. The smallest absolute Gasteiger partial charge is 0.228 e. The third-order valence-corrected chi connectivity index (χ3v) is 4.45. The van der Waals surface area contributed by atoms with Gasteiger partial charge < -0.3 is 0 Å². The van der Waals surface area contributed by atoms with Crippen LogP contribution < -0.4 is 4.90 Å². The van der Waals surface area contributed by atoms with Crippen LogP contribution in [-0.4, -0.2) is 28.3 Å². The molecule has 1 fully saturated rings. The molecule has 2 rings (SSSR count). The lowest BCUT2D eigenvalue weighted by atomic mass is 10.1. The van der Waals surface area contributed by atoms with Gasteiger partial charge in [0.1, 0.15) is 5.82 Å². The molecule has 0 bridgehead atoms. The van der Waals surface area contributed by atoms with Crippen LogP contribution in [0.3, 0.4) is 0 Å². The first kappa shape index (κ1) is 14.3. The molecule has 1 saturated heterocycles. The Balaban J connectivity index is 2.07. The summed E-state index contributed by atoms with van der Waals surface area (Å²) >= 11 is 7.20. The van der Waals surface area contributed by atoms with Crippen LogP contribution in [0.25, 0.3) is 0 Å². The summed E-state index contributed by atoms with van der Waals surface area (Å²) < 4.78 is 0. The number of carbonyl (C=O) groups is 2. The van der Waals surface area contributed by atoms with Gasteiger partial charge in [0.15, 0.2) is 5.12 Å². The molecule has 2 heterocycles. The lowest BCUT2D eigenvalue weighted by Gasteiger charge is -2.16. The van der Waals surface area contributed by atoms with Crippen molar-refractivity contribution < 1.29 is 9.59 Å². The van der Waals surface area contributed by atoms with Crippen molar-refractivity contribution in [2.75, 3.05) is 17.2 Å².